The van der Waals surface area contributed by atoms with E-state index in [-0.39, 0.29) is 6.10 Å². The molecule has 2 nitrogen and oxygen atoms in total. The number of aliphatic hydroxyl groups excluding tert-OH is 1. The summed E-state index contributed by atoms with van der Waals surface area (Å²) >= 11 is 0. The Morgan fingerprint density at radius 2 is 1.72 bits per heavy atom. The second-order valence-electron chi connectivity index (χ2n) is 5.22. The molecule has 1 N–H and O–H groups in total. The van der Waals surface area contributed by atoms with Crippen molar-refractivity contribution in [3.63, 3.8) is 0 Å². The minimum atomic E-state index is -0.350. The van der Waals surface area contributed by atoms with Gasteiger partial charge in [0.05, 0.1) is 12.2 Å². The fraction of sp³-hybridized carbons (Fsp3) is 0.625. The van der Waals surface area contributed by atoms with E-state index in [0.29, 0.717) is 6.10 Å². The molecule has 0 aromatic heterocycles. The van der Waals surface area contributed by atoms with Gasteiger partial charge in [-0.2, -0.15) is 0 Å². The molecule has 2 rings (SSSR count). The Kier molecular flexibility index (Phi) is 5.06. The number of aliphatic hydroxyl groups is 1. The van der Waals surface area contributed by atoms with Crippen LogP contribution in [-0.4, -0.2) is 11.2 Å². The van der Waals surface area contributed by atoms with Crippen molar-refractivity contribution >= 4 is 0 Å². The predicted octanol–water partition coefficient (Wildman–Crippen LogP) is 4.23. The summed E-state index contributed by atoms with van der Waals surface area (Å²) in [6.07, 6.45) is 8.42. The molecule has 0 saturated heterocycles. The number of hydrogen-bond acceptors (Lipinski definition) is 2. The van der Waals surface area contributed by atoms with E-state index in [1.54, 1.807) is 0 Å². The van der Waals surface area contributed by atoms with Gasteiger partial charge in [0, 0.05) is 0 Å². The van der Waals surface area contributed by atoms with Crippen molar-refractivity contribution in [2.45, 2.75) is 64.1 Å². The summed E-state index contributed by atoms with van der Waals surface area (Å²) in [5.74, 6) is 0.939. The minimum absolute atomic E-state index is 0.350. The summed E-state index contributed by atoms with van der Waals surface area (Å²) in [6, 6.07) is 7.92. The van der Waals surface area contributed by atoms with Gasteiger partial charge in [-0.25, -0.2) is 0 Å². The van der Waals surface area contributed by atoms with Crippen molar-refractivity contribution < 1.29 is 9.84 Å². The van der Waals surface area contributed by atoms with E-state index < -0.39 is 0 Å². The van der Waals surface area contributed by atoms with Crippen LogP contribution in [0.5, 0.6) is 5.75 Å². The molecule has 0 heterocycles. The van der Waals surface area contributed by atoms with Gasteiger partial charge >= 0.3 is 0 Å². The summed E-state index contributed by atoms with van der Waals surface area (Å²) in [4.78, 5) is 0. The number of ether oxygens (including phenoxy) is 1. The van der Waals surface area contributed by atoms with Crippen molar-refractivity contribution in [3.8, 4) is 5.75 Å². The summed E-state index contributed by atoms with van der Waals surface area (Å²) in [6.45, 7) is 1.99. The minimum Gasteiger partial charge on any atom is -0.490 e. The third-order valence-corrected chi connectivity index (χ3v) is 3.76. The first-order valence-corrected chi connectivity index (χ1v) is 7.24. The monoisotopic (exact) mass is 248 g/mol. The molecule has 1 aromatic rings. The van der Waals surface area contributed by atoms with Gasteiger partial charge < -0.3 is 9.84 Å². The van der Waals surface area contributed by atoms with E-state index in [1.807, 2.05) is 31.2 Å². The molecule has 1 aromatic carbocycles. The van der Waals surface area contributed by atoms with Gasteiger partial charge in [-0.05, 0) is 49.8 Å². The maximum Gasteiger partial charge on any atom is 0.119 e. The molecular formula is C16H24O2. The summed E-state index contributed by atoms with van der Waals surface area (Å²) in [5, 5.41) is 9.74. The van der Waals surface area contributed by atoms with Gasteiger partial charge in [-0.15, -0.1) is 0 Å². The van der Waals surface area contributed by atoms with Gasteiger partial charge in [0.15, 0.2) is 0 Å². The summed E-state index contributed by atoms with van der Waals surface area (Å²) in [7, 11) is 0. The molecule has 1 aliphatic rings. The van der Waals surface area contributed by atoms with Gasteiger partial charge in [0.25, 0.3) is 0 Å². The van der Waals surface area contributed by atoms with E-state index in [1.165, 1.54) is 38.5 Å². The second kappa shape index (κ2) is 6.79. The van der Waals surface area contributed by atoms with Crippen LogP contribution in [0.3, 0.4) is 0 Å². The SMILES string of the molecule is CCC(O)c1ccc(OC2CCCCCC2)cc1. The fourth-order valence-corrected chi connectivity index (χ4v) is 2.56. The zero-order chi connectivity index (χ0) is 12.8. The van der Waals surface area contributed by atoms with Crippen molar-refractivity contribution in [3.05, 3.63) is 29.8 Å². The van der Waals surface area contributed by atoms with Gasteiger partial charge in [0.2, 0.25) is 0 Å². The predicted molar refractivity (Wildman–Crippen MR) is 73.8 cm³/mol. The zero-order valence-corrected chi connectivity index (χ0v) is 11.3. The number of hydrogen-bond donors (Lipinski definition) is 1. The first-order chi connectivity index (χ1) is 8.79. The van der Waals surface area contributed by atoms with E-state index in [2.05, 4.69) is 0 Å². The van der Waals surface area contributed by atoms with Crippen molar-refractivity contribution in [2.75, 3.05) is 0 Å². The Labute approximate surface area is 110 Å². The molecule has 1 fully saturated rings. The van der Waals surface area contributed by atoms with E-state index in [0.717, 1.165) is 17.7 Å². The van der Waals surface area contributed by atoms with Crippen LogP contribution < -0.4 is 4.74 Å². The zero-order valence-electron chi connectivity index (χ0n) is 11.3. The van der Waals surface area contributed by atoms with Crippen LogP contribution in [-0.2, 0) is 0 Å². The first kappa shape index (κ1) is 13.4. The lowest BCUT2D eigenvalue weighted by Crippen LogP contribution is -2.15. The Hall–Kier alpha value is -1.02. The molecule has 0 radical (unpaired) electrons. The smallest absolute Gasteiger partial charge is 0.119 e. The van der Waals surface area contributed by atoms with E-state index in [9.17, 15) is 5.11 Å². The molecule has 0 spiro atoms. The largest absolute Gasteiger partial charge is 0.490 e. The highest BCUT2D eigenvalue weighted by atomic mass is 16.5. The van der Waals surface area contributed by atoms with Crippen LogP contribution in [0.4, 0.5) is 0 Å². The van der Waals surface area contributed by atoms with E-state index >= 15 is 0 Å². The molecule has 18 heavy (non-hydrogen) atoms. The summed E-state index contributed by atoms with van der Waals surface area (Å²) in [5.41, 5.74) is 0.978. The third-order valence-electron chi connectivity index (χ3n) is 3.76. The van der Waals surface area contributed by atoms with Crippen molar-refractivity contribution in [1.29, 1.82) is 0 Å². The maximum absolute atomic E-state index is 9.74. The lowest BCUT2D eigenvalue weighted by Gasteiger charge is -2.17. The van der Waals surface area contributed by atoms with Gasteiger partial charge in [-0.3, -0.25) is 0 Å². The maximum atomic E-state index is 9.74. The molecule has 1 aliphatic carbocycles. The third kappa shape index (κ3) is 3.74. The molecule has 2 heteroatoms. The van der Waals surface area contributed by atoms with Crippen LogP contribution in [0.1, 0.15) is 63.5 Å². The molecule has 0 aliphatic heterocycles. The highest BCUT2D eigenvalue weighted by Gasteiger charge is 2.13. The van der Waals surface area contributed by atoms with E-state index in [4.69, 9.17) is 4.74 Å². The number of rotatable bonds is 4. The molecule has 0 bridgehead atoms. The highest BCUT2D eigenvalue weighted by Crippen LogP contribution is 2.24. The molecule has 100 valence electrons. The van der Waals surface area contributed by atoms with Crippen LogP contribution in [0.15, 0.2) is 24.3 Å². The number of benzene rings is 1. The van der Waals surface area contributed by atoms with Crippen LogP contribution >= 0.6 is 0 Å². The Bertz CT molecular complexity index is 337. The summed E-state index contributed by atoms with van der Waals surface area (Å²) < 4.78 is 6.02. The molecule has 0 amide bonds. The molecule has 1 unspecified atom stereocenters. The van der Waals surface area contributed by atoms with Gasteiger partial charge in [-0.1, -0.05) is 31.9 Å². The van der Waals surface area contributed by atoms with Crippen LogP contribution in [0.25, 0.3) is 0 Å². The second-order valence-corrected chi connectivity index (χ2v) is 5.22. The van der Waals surface area contributed by atoms with Crippen molar-refractivity contribution in [1.82, 2.24) is 0 Å². The average Bonchev–Trinajstić information content (AvgIpc) is 2.67. The van der Waals surface area contributed by atoms with Crippen LogP contribution in [0.2, 0.25) is 0 Å². The quantitative estimate of drug-likeness (QED) is 0.808. The molecule has 1 atom stereocenters. The fourth-order valence-electron chi connectivity index (χ4n) is 2.56. The van der Waals surface area contributed by atoms with Gasteiger partial charge in [0.1, 0.15) is 5.75 Å². The lowest BCUT2D eigenvalue weighted by molar-refractivity contribution is 0.172. The lowest BCUT2D eigenvalue weighted by atomic mass is 10.1. The Morgan fingerprint density at radius 3 is 2.28 bits per heavy atom. The Balaban J connectivity index is 1.92. The topological polar surface area (TPSA) is 29.5 Å². The normalized spacial score (nSPS) is 19.2. The average molecular weight is 248 g/mol. The Morgan fingerprint density at radius 1 is 1.11 bits per heavy atom. The highest BCUT2D eigenvalue weighted by molar-refractivity contribution is 5.28. The van der Waals surface area contributed by atoms with Crippen molar-refractivity contribution in [2.24, 2.45) is 0 Å². The standard InChI is InChI=1S/C16H24O2/c1-2-16(17)13-9-11-15(12-10-13)18-14-7-5-3-4-6-8-14/h9-12,14,16-17H,2-8H2,1H3. The first-order valence-electron chi connectivity index (χ1n) is 7.24. The molecule has 1 saturated carbocycles. The van der Waals surface area contributed by atoms with Crippen LogP contribution in [0, 0.1) is 0 Å². The molecular weight excluding hydrogens is 224 g/mol.